The fraction of sp³-hybridized carbons (Fsp3) is 0.385. The number of carbonyl (C=O) groups is 2. The van der Waals surface area contributed by atoms with Crippen LogP contribution in [0.25, 0.3) is 0 Å². The number of ether oxygens (including phenoxy) is 2. The van der Waals surface area contributed by atoms with Gasteiger partial charge in [0.1, 0.15) is 6.61 Å². The molecule has 0 aliphatic carbocycles. The lowest BCUT2D eigenvalue weighted by molar-refractivity contribution is -0.141. The van der Waals surface area contributed by atoms with Crippen molar-refractivity contribution in [3.63, 3.8) is 0 Å². The van der Waals surface area contributed by atoms with E-state index in [1.54, 1.807) is 0 Å². The van der Waals surface area contributed by atoms with Crippen LogP contribution in [0.15, 0.2) is 30.3 Å². The summed E-state index contributed by atoms with van der Waals surface area (Å²) < 4.78 is 19.7. The Morgan fingerprint density at radius 1 is 1.14 bits per heavy atom. The van der Waals surface area contributed by atoms with Crippen molar-refractivity contribution in [1.29, 1.82) is 0 Å². The smallest absolute Gasteiger partial charge is 0.408 e. The monoisotopic (exact) mass is 315 g/mol. The van der Waals surface area contributed by atoms with Crippen LogP contribution in [0.4, 0.5) is 4.79 Å². The maximum atomic E-state index is 11.7. The Morgan fingerprint density at radius 3 is 2.29 bits per heavy atom. The molecule has 0 bridgehead atoms. The van der Waals surface area contributed by atoms with Crippen molar-refractivity contribution >= 4 is 20.4 Å². The van der Waals surface area contributed by atoms with Crippen LogP contribution in [-0.4, -0.2) is 39.2 Å². The summed E-state index contributed by atoms with van der Waals surface area (Å²) in [6.07, 6.45) is -0.754. The van der Waals surface area contributed by atoms with Crippen LogP contribution in [-0.2, 0) is 29.9 Å². The van der Waals surface area contributed by atoms with Gasteiger partial charge >= 0.3 is 12.1 Å². The van der Waals surface area contributed by atoms with Crippen LogP contribution in [0.1, 0.15) is 5.56 Å². The molecule has 1 unspecified atom stereocenters. The fourth-order valence-electron chi connectivity index (χ4n) is 1.47. The third-order valence-electron chi connectivity index (χ3n) is 2.46. The second kappa shape index (κ2) is 9.28. The number of methoxy groups -OCH3 is 1. The second-order valence-electron chi connectivity index (χ2n) is 3.78. The van der Waals surface area contributed by atoms with Crippen LogP contribution in [0, 0.1) is 0 Å². The van der Waals surface area contributed by atoms with Gasteiger partial charge in [0.2, 0.25) is 8.38 Å². The number of hydrogen-bond acceptors (Lipinski definition) is 6. The lowest BCUT2D eigenvalue weighted by Crippen LogP contribution is -2.40. The van der Waals surface area contributed by atoms with Gasteiger partial charge < -0.3 is 23.8 Å². The van der Waals surface area contributed by atoms with E-state index in [1.165, 1.54) is 21.3 Å². The van der Waals surface area contributed by atoms with E-state index in [9.17, 15) is 9.59 Å². The molecule has 0 radical (unpaired) electrons. The number of nitrogens with one attached hydrogen (secondary N) is 1. The molecule has 1 rings (SSSR count). The average molecular weight is 315 g/mol. The first kappa shape index (κ1) is 17.4. The molecule has 0 saturated heterocycles. The Bertz CT molecular complexity index is 451. The number of benzene rings is 1. The molecule has 0 spiro atoms. The largest absolute Gasteiger partial charge is 0.467 e. The van der Waals surface area contributed by atoms with E-state index in [0.29, 0.717) is 0 Å². The number of esters is 1. The van der Waals surface area contributed by atoms with Gasteiger partial charge in [-0.25, -0.2) is 9.59 Å². The standard InChI is InChI=1S/C13H18NO6P/c1-17-12(15)11(21(18-2)19-3)14-13(16)20-9-10-7-5-4-6-8-10/h4-8,11H,9H2,1-3H3,(H,14,16). The first-order valence-electron chi connectivity index (χ1n) is 6.04. The molecule has 1 amide bonds. The number of rotatable bonds is 7. The van der Waals surface area contributed by atoms with Crippen molar-refractivity contribution in [2.24, 2.45) is 0 Å². The van der Waals surface area contributed by atoms with Gasteiger partial charge in [0.15, 0.2) is 5.78 Å². The van der Waals surface area contributed by atoms with Gasteiger partial charge in [-0.2, -0.15) is 0 Å². The molecule has 0 saturated carbocycles. The Morgan fingerprint density at radius 2 is 1.76 bits per heavy atom. The van der Waals surface area contributed by atoms with E-state index < -0.39 is 26.2 Å². The molecule has 0 aliphatic heterocycles. The molecular weight excluding hydrogens is 297 g/mol. The Labute approximate surface area is 124 Å². The first-order chi connectivity index (χ1) is 10.1. The maximum Gasteiger partial charge on any atom is 0.408 e. The van der Waals surface area contributed by atoms with Gasteiger partial charge in [-0.15, -0.1) is 0 Å². The van der Waals surface area contributed by atoms with Crippen LogP contribution >= 0.6 is 8.38 Å². The third kappa shape index (κ3) is 5.67. The molecule has 1 N–H and O–H groups in total. The minimum Gasteiger partial charge on any atom is -0.467 e. The van der Waals surface area contributed by atoms with E-state index in [0.717, 1.165) is 5.56 Å². The summed E-state index contributed by atoms with van der Waals surface area (Å²) in [7, 11) is 2.32. The molecule has 116 valence electrons. The van der Waals surface area contributed by atoms with Crippen LogP contribution < -0.4 is 5.32 Å². The summed E-state index contributed by atoms with van der Waals surface area (Å²) in [4.78, 5) is 23.4. The van der Waals surface area contributed by atoms with Gasteiger partial charge in [-0.05, 0) is 5.56 Å². The Hall–Kier alpha value is -1.69. The SMILES string of the molecule is COC(=O)C(NC(=O)OCc1ccccc1)P(OC)OC. The summed E-state index contributed by atoms with van der Waals surface area (Å²) in [5.74, 6) is -1.72. The molecule has 1 aromatic carbocycles. The number of amides is 1. The highest BCUT2D eigenvalue weighted by Gasteiger charge is 2.32. The van der Waals surface area contributed by atoms with Gasteiger partial charge in [-0.3, -0.25) is 0 Å². The topological polar surface area (TPSA) is 83.1 Å². The third-order valence-corrected chi connectivity index (χ3v) is 3.94. The van der Waals surface area contributed by atoms with Crippen molar-refractivity contribution in [2.45, 2.75) is 12.4 Å². The number of hydrogen-bond donors (Lipinski definition) is 1. The number of alkyl carbamates (subject to hydrolysis) is 1. The van der Waals surface area contributed by atoms with Gasteiger partial charge in [0.05, 0.1) is 7.11 Å². The molecule has 21 heavy (non-hydrogen) atoms. The quantitative estimate of drug-likeness (QED) is 0.612. The van der Waals surface area contributed by atoms with E-state index in [-0.39, 0.29) is 6.61 Å². The van der Waals surface area contributed by atoms with Crippen molar-refractivity contribution in [2.75, 3.05) is 21.3 Å². The minimum atomic E-state index is -1.65. The molecule has 8 heteroatoms. The molecule has 0 fully saturated rings. The zero-order valence-corrected chi connectivity index (χ0v) is 13.0. The molecular formula is C13H18NO6P. The zero-order valence-electron chi connectivity index (χ0n) is 12.1. The van der Waals surface area contributed by atoms with Crippen molar-refractivity contribution in [3.05, 3.63) is 35.9 Å². The Balaban J connectivity index is 2.57. The number of carbonyl (C=O) groups excluding carboxylic acids is 2. The van der Waals surface area contributed by atoms with E-state index in [1.807, 2.05) is 30.3 Å². The normalized spacial score (nSPS) is 11.8. The summed E-state index contributed by atoms with van der Waals surface area (Å²) in [5, 5.41) is 2.38. The highest BCUT2D eigenvalue weighted by Crippen LogP contribution is 2.41. The average Bonchev–Trinajstić information content (AvgIpc) is 2.53. The van der Waals surface area contributed by atoms with Crippen molar-refractivity contribution in [3.8, 4) is 0 Å². The summed E-state index contributed by atoms with van der Waals surface area (Å²) in [5.41, 5.74) is 0.836. The zero-order chi connectivity index (χ0) is 15.7. The fourth-order valence-corrected chi connectivity index (χ4v) is 2.53. The van der Waals surface area contributed by atoms with Gasteiger partial charge in [-0.1, -0.05) is 30.3 Å². The lowest BCUT2D eigenvalue weighted by atomic mass is 10.2. The maximum absolute atomic E-state index is 11.7. The van der Waals surface area contributed by atoms with Crippen molar-refractivity contribution < 1.29 is 28.1 Å². The second-order valence-corrected chi connectivity index (χ2v) is 5.60. The molecule has 0 aliphatic rings. The van der Waals surface area contributed by atoms with Crippen molar-refractivity contribution in [1.82, 2.24) is 5.32 Å². The summed E-state index contributed by atoms with van der Waals surface area (Å²) in [6.45, 7) is 0.0957. The van der Waals surface area contributed by atoms with Crippen LogP contribution in [0.5, 0.6) is 0 Å². The summed E-state index contributed by atoms with van der Waals surface area (Å²) >= 11 is 0. The van der Waals surface area contributed by atoms with Gasteiger partial charge in [0.25, 0.3) is 0 Å². The predicted molar refractivity (Wildman–Crippen MR) is 76.5 cm³/mol. The first-order valence-corrected chi connectivity index (χ1v) is 7.29. The molecule has 1 aromatic rings. The van der Waals surface area contributed by atoms with Crippen LogP contribution in [0.3, 0.4) is 0 Å². The highest BCUT2D eigenvalue weighted by molar-refractivity contribution is 7.49. The lowest BCUT2D eigenvalue weighted by Gasteiger charge is -2.22. The Kier molecular flexibility index (Phi) is 7.68. The molecule has 0 heterocycles. The van der Waals surface area contributed by atoms with Gasteiger partial charge in [0, 0.05) is 14.2 Å². The molecule has 0 aromatic heterocycles. The van der Waals surface area contributed by atoms with E-state index in [2.05, 4.69) is 10.1 Å². The van der Waals surface area contributed by atoms with E-state index in [4.69, 9.17) is 13.8 Å². The van der Waals surface area contributed by atoms with Crippen LogP contribution in [0.2, 0.25) is 0 Å². The predicted octanol–water partition coefficient (Wildman–Crippen LogP) is 2.02. The minimum absolute atomic E-state index is 0.0957. The summed E-state index contributed by atoms with van der Waals surface area (Å²) in [6, 6.07) is 9.18. The van der Waals surface area contributed by atoms with E-state index >= 15 is 0 Å². The molecule has 7 nitrogen and oxygen atoms in total. The molecule has 1 atom stereocenters. The highest BCUT2D eigenvalue weighted by atomic mass is 31.2.